The molecule has 1 atom stereocenters. The Morgan fingerprint density at radius 3 is 2.38 bits per heavy atom. The van der Waals surface area contributed by atoms with Gasteiger partial charge in [-0.25, -0.2) is 9.37 Å². The van der Waals surface area contributed by atoms with Gasteiger partial charge in [0.2, 0.25) is 0 Å². The highest BCUT2D eigenvalue weighted by atomic mass is 19.1. The first-order valence-corrected chi connectivity index (χ1v) is 9.50. The number of halogens is 1. The molecule has 2 aromatic carbocycles. The second-order valence-electron chi connectivity index (χ2n) is 7.68. The summed E-state index contributed by atoms with van der Waals surface area (Å²) >= 11 is 0. The van der Waals surface area contributed by atoms with E-state index in [1.165, 1.54) is 43.7 Å². The molecule has 1 aliphatic rings. The van der Waals surface area contributed by atoms with Crippen molar-refractivity contribution >= 4 is 0 Å². The Morgan fingerprint density at radius 2 is 1.73 bits per heavy atom. The second-order valence-corrected chi connectivity index (χ2v) is 7.68. The summed E-state index contributed by atoms with van der Waals surface area (Å²) in [4.78, 5) is 4.17. The smallest absolute Gasteiger partial charge is 0.128 e. The number of hydrogen-bond acceptors (Lipinski definition) is 1. The fourth-order valence-electron chi connectivity index (χ4n) is 4.32. The first-order valence-electron chi connectivity index (χ1n) is 9.50. The maximum Gasteiger partial charge on any atom is 0.128 e. The molecule has 0 aliphatic heterocycles. The summed E-state index contributed by atoms with van der Waals surface area (Å²) in [5.74, 6) is -0.186. The molecule has 1 aliphatic carbocycles. The first-order chi connectivity index (χ1) is 12.7. The van der Waals surface area contributed by atoms with Crippen molar-refractivity contribution in [3.8, 4) is 0 Å². The van der Waals surface area contributed by atoms with Crippen LogP contribution in [0.5, 0.6) is 0 Å². The van der Waals surface area contributed by atoms with Gasteiger partial charge >= 0.3 is 0 Å². The van der Waals surface area contributed by atoms with Gasteiger partial charge in [-0.15, -0.1) is 0 Å². The molecule has 0 bridgehead atoms. The topological polar surface area (TPSA) is 17.8 Å². The van der Waals surface area contributed by atoms with Crippen molar-refractivity contribution in [1.29, 1.82) is 0 Å². The molecule has 0 radical (unpaired) electrons. The van der Waals surface area contributed by atoms with Crippen molar-refractivity contribution in [1.82, 2.24) is 9.55 Å². The van der Waals surface area contributed by atoms with Crippen LogP contribution in [-0.4, -0.2) is 9.55 Å². The van der Waals surface area contributed by atoms with E-state index in [1.54, 1.807) is 18.6 Å². The normalized spacial score (nSPS) is 17.8. The molecule has 0 saturated heterocycles. The molecule has 0 N–H and O–H groups in total. The van der Waals surface area contributed by atoms with Crippen LogP contribution in [0.2, 0.25) is 0 Å². The van der Waals surface area contributed by atoms with Gasteiger partial charge in [0, 0.05) is 18.0 Å². The number of imidazole rings is 1. The van der Waals surface area contributed by atoms with Gasteiger partial charge in [-0.3, -0.25) is 0 Å². The van der Waals surface area contributed by atoms with Crippen LogP contribution in [0, 0.1) is 5.82 Å². The van der Waals surface area contributed by atoms with Crippen molar-refractivity contribution in [3.05, 3.63) is 89.8 Å². The molecule has 26 heavy (non-hydrogen) atoms. The van der Waals surface area contributed by atoms with E-state index >= 15 is 0 Å². The van der Waals surface area contributed by atoms with Gasteiger partial charge in [0.25, 0.3) is 0 Å². The molecule has 1 aromatic heterocycles. The summed E-state index contributed by atoms with van der Waals surface area (Å²) in [5.41, 5.74) is 3.43. The third-order valence-electron chi connectivity index (χ3n) is 5.90. The standard InChI is InChI=1S/C23H25FN2/c1-23(13-5-2-6-14-23)19-11-9-18(10-12-19)22(26-16-15-25-17-26)20-7-3-4-8-21(20)24/h3-4,7-12,15-17,22H,2,5-6,13-14H2,1H3. The lowest BCUT2D eigenvalue weighted by Crippen LogP contribution is -2.25. The lowest BCUT2D eigenvalue weighted by atomic mass is 9.71. The Morgan fingerprint density at radius 1 is 1.00 bits per heavy atom. The largest absolute Gasteiger partial charge is 0.326 e. The minimum atomic E-state index is -0.202. The van der Waals surface area contributed by atoms with E-state index in [4.69, 9.17) is 0 Å². The van der Waals surface area contributed by atoms with E-state index in [1.807, 2.05) is 22.9 Å². The second kappa shape index (κ2) is 7.06. The highest BCUT2D eigenvalue weighted by Crippen LogP contribution is 2.39. The molecule has 3 heteroatoms. The summed E-state index contributed by atoms with van der Waals surface area (Å²) in [6, 6.07) is 15.6. The Labute approximate surface area is 154 Å². The number of aromatic nitrogens is 2. The SMILES string of the molecule is CC1(c2ccc(C(c3ccccc3F)n3ccnc3)cc2)CCCCC1. The zero-order chi connectivity index (χ0) is 18.0. The first kappa shape index (κ1) is 17.0. The molecule has 0 amide bonds. The van der Waals surface area contributed by atoms with E-state index in [9.17, 15) is 4.39 Å². The van der Waals surface area contributed by atoms with Gasteiger partial charge in [-0.05, 0) is 35.4 Å². The van der Waals surface area contributed by atoms with Crippen LogP contribution in [0.3, 0.4) is 0 Å². The van der Waals surface area contributed by atoms with Crippen molar-refractivity contribution in [2.45, 2.75) is 50.5 Å². The van der Waals surface area contributed by atoms with E-state index in [0.29, 0.717) is 5.56 Å². The van der Waals surface area contributed by atoms with Crippen LogP contribution in [0.15, 0.2) is 67.3 Å². The van der Waals surface area contributed by atoms with Gasteiger partial charge in [0.1, 0.15) is 5.82 Å². The maximum atomic E-state index is 14.5. The summed E-state index contributed by atoms with van der Waals surface area (Å²) < 4.78 is 16.5. The van der Waals surface area contributed by atoms with Crippen LogP contribution < -0.4 is 0 Å². The lowest BCUT2D eigenvalue weighted by Gasteiger charge is -2.34. The summed E-state index contributed by atoms with van der Waals surface area (Å²) in [7, 11) is 0. The van der Waals surface area contributed by atoms with Crippen LogP contribution in [0.25, 0.3) is 0 Å². The third kappa shape index (κ3) is 3.18. The van der Waals surface area contributed by atoms with E-state index in [2.05, 4.69) is 36.2 Å². The maximum absolute atomic E-state index is 14.5. The molecule has 0 spiro atoms. The Kier molecular flexibility index (Phi) is 4.62. The molecule has 1 heterocycles. The quantitative estimate of drug-likeness (QED) is 0.575. The number of rotatable bonds is 4. The number of nitrogens with zero attached hydrogens (tertiary/aromatic N) is 2. The van der Waals surface area contributed by atoms with Gasteiger partial charge in [-0.1, -0.05) is 68.7 Å². The van der Waals surface area contributed by atoms with Gasteiger partial charge in [0.15, 0.2) is 0 Å². The van der Waals surface area contributed by atoms with E-state index in [0.717, 1.165) is 5.56 Å². The highest BCUT2D eigenvalue weighted by molar-refractivity contribution is 5.37. The van der Waals surface area contributed by atoms with Crippen molar-refractivity contribution in [2.24, 2.45) is 0 Å². The van der Waals surface area contributed by atoms with Crippen LogP contribution in [-0.2, 0) is 5.41 Å². The van der Waals surface area contributed by atoms with Crippen molar-refractivity contribution in [3.63, 3.8) is 0 Å². The third-order valence-corrected chi connectivity index (χ3v) is 5.90. The molecular weight excluding hydrogens is 323 g/mol. The molecule has 1 fully saturated rings. The molecule has 3 aromatic rings. The minimum absolute atomic E-state index is 0.186. The fraction of sp³-hybridized carbons (Fsp3) is 0.348. The number of benzene rings is 2. The van der Waals surface area contributed by atoms with Crippen LogP contribution in [0.1, 0.15) is 61.8 Å². The predicted molar refractivity (Wildman–Crippen MR) is 103 cm³/mol. The van der Waals surface area contributed by atoms with Crippen LogP contribution >= 0.6 is 0 Å². The molecule has 2 nitrogen and oxygen atoms in total. The van der Waals surface area contributed by atoms with Gasteiger partial charge in [-0.2, -0.15) is 0 Å². The predicted octanol–water partition coefficient (Wildman–Crippen LogP) is 5.88. The van der Waals surface area contributed by atoms with Gasteiger partial charge < -0.3 is 4.57 Å². The average molecular weight is 348 g/mol. The Bertz CT molecular complexity index is 846. The monoisotopic (exact) mass is 348 g/mol. The Balaban J connectivity index is 1.72. The summed E-state index contributed by atoms with van der Waals surface area (Å²) in [5, 5.41) is 0. The van der Waals surface area contributed by atoms with E-state index in [-0.39, 0.29) is 17.3 Å². The summed E-state index contributed by atoms with van der Waals surface area (Å²) in [6.07, 6.45) is 11.9. The fourth-order valence-corrected chi connectivity index (χ4v) is 4.32. The molecule has 134 valence electrons. The molecule has 1 saturated carbocycles. The molecular formula is C23H25FN2. The zero-order valence-electron chi connectivity index (χ0n) is 15.2. The van der Waals surface area contributed by atoms with Crippen molar-refractivity contribution in [2.75, 3.05) is 0 Å². The minimum Gasteiger partial charge on any atom is -0.326 e. The van der Waals surface area contributed by atoms with Gasteiger partial charge in [0.05, 0.1) is 12.4 Å². The number of hydrogen-bond donors (Lipinski definition) is 0. The summed E-state index contributed by atoms with van der Waals surface area (Å²) in [6.45, 7) is 2.38. The Hall–Kier alpha value is -2.42. The van der Waals surface area contributed by atoms with Crippen molar-refractivity contribution < 1.29 is 4.39 Å². The van der Waals surface area contributed by atoms with Crippen LogP contribution in [0.4, 0.5) is 4.39 Å². The molecule has 1 unspecified atom stereocenters. The zero-order valence-corrected chi connectivity index (χ0v) is 15.2. The van der Waals surface area contributed by atoms with E-state index < -0.39 is 0 Å². The highest BCUT2D eigenvalue weighted by Gasteiger charge is 2.29. The lowest BCUT2D eigenvalue weighted by molar-refractivity contribution is 0.319. The average Bonchev–Trinajstić information content (AvgIpc) is 3.19. The molecule has 4 rings (SSSR count).